The highest BCUT2D eigenvalue weighted by Crippen LogP contribution is 2.43. The molecule has 5 heterocycles. The van der Waals surface area contributed by atoms with E-state index in [-0.39, 0.29) is 11.4 Å². The Labute approximate surface area is 146 Å². The summed E-state index contributed by atoms with van der Waals surface area (Å²) in [6.45, 7) is 5.98. The Morgan fingerprint density at radius 1 is 1.24 bits per heavy atom. The number of halogens is 1. The van der Waals surface area contributed by atoms with Gasteiger partial charge in [0.25, 0.3) is 0 Å². The molecule has 4 aliphatic heterocycles. The maximum Gasteiger partial charge on any atom is 0.186 e. The number of hydrogen-bond acceptors (Lipinski definition) is 5. The molecular formula is C19H23FN4O. The molecule has 6 heteroatoms. The summed E-state index contributed by atoms with van der Waals surface area (Å²) >= 11 is 0. The number of benzene rings is 1. The Morgan fingerprint density at radius 3 is 2.76 bits per heavy atom. The maximum atomic E-state index is 13.7. The second kappa shape index (κ2) is 5.37. The van der Waals surface area contributed by atoms with Crippen LogP contribution in [0.1, 0.15) is 18.5 Å². The van der Waals surface area contributed by atoms with Crippen molar-refractivity contribution in [2.45, 2.75) is 31.7 Å². The fourth-order valence-electron chi connectivity index (χ4n) is 4.90. The molecule has 1 aromatic carbocycles. The number of aryl methyl sites for hydroxylation is 1. The van der Waals surface area contributed by atoms with Crippen molar-refractivity contribution in [1.29, 1.82) is 0 Å². The molecule has 4 fully saturated rings. The van der Waals surface area contributed by atoms with Crippen molar-refractivity contribution < 1.29 is 9.13 Å². The molecule has 1 aromatic heterocycles. The van der Waals surface area contributed by atoms with Crippen LogP contribution in [0.25, 0.3) is 10.8 Å². The van der Waals surface area contributed by atoms with Crippen LogP contribution in [0.2, 0.25) is 0 Å². The summed E-state index contributed by atoms with van der Waals surface area (Å²) in [4.78, 5) is 9.25. The molecule has 2 N–H and O–H groups in total. The van der Waals surface area contributed by atoms with Crippen molar-refractivity contribution in [2.24, 2.45) is 11.7 Å². The molecule has 0 saturated carbocycles. The highest BCUT2D eigenvalue weighted by molar-refractivity contribution is 5.86. The number of piperidine rings is 3. The van der Waals surface area contributed by atoms with E-state index in [0.29, 0.717) is 5.92 Å². The molecule has 132 valence electrons. The van der Waals surface area contributed by atoms with E-state index in [4.69, 9.17) is 15.5 Å². The van der Waals surface area contributed by atoms with Crippen molar-refractivity contribution in [1.82, 2.24) is 9.88 Å². The van der Waals surface area contributed by atoms with Gasteiger partial charge in [0.05, 0.1) is 6.54 Å². The van der Waals surface area contributed by atoms with E-state index in [2.05, 4.69) is 4.90 Å². The third kappa shape index (κ3) is 2.35. The van der Waals surface area contributed by atoms with Gasteiger partial charge in [0, 0.05) is 17.6 Å². The number of fused-ring (bicyclic) bond motifs is 3. The average molecular weight is 342 g/mol. The molecule has 2 aromatic rings. The van der Waals surface area contributed by atoms with Crippen molar-refractivity contribution in [3.8, 4) is 0 Å². The first-order valence-corrected chi connectivity index (χ1v) is 9.03. The molecule has 1 spiro atoms. The quantitative estimate of drug-likeness (QED) is 0.861. The Morgan fingerprint density at radius 2 is 2.04 bits per heavy atom. The predicted octanol–water partition coefficient (Wildman–Crippen LogP) is 2.23. The van der Waals surface area contributed by atoms with Crippen LogP contribution < -0.4 is 10.6 Å². The van der Waals surface area contributed by atoms with Gasteiger partial charge in [-0.1, -0.05) is 0 Å². The first-order chi connectivity index (χ1) is 12.0. The van der Waals surface area contributed by atoms with Crippen LogP contribution in [-0.2, 0) is 4.74 Å². The molecule has 6 rings (SSSR count). The Balaban J connectivity index is 1.52. The summed E-state index contributed by atoms with van der Waals surface area (Å²) in [5, 5.41) is 1.82. The van der Waals surface area contributed by atoms with E-state index >= 15 is 0 Å². The number of ether oxygens (including phenoxy) is 1. The van der Waals surface area contributed by atoms with Gasteiger partial charge in [0.1, 0.15) is 17.2 Å². The summed E-state index contributed by atoms with van der Waals surface area (Å²) in [5.74, 6) is 1.10. The summed E-state index contributed by atoms with van der Waals surface area (Å²) < 4.78 is 20.0. The summed E-state index contributed by atoms with van der Waals surface area (Å²) in [6, 6.07) is 6.74. The number of nitrogens with zero attached hydrogens (tertiary/aromatic N) is 3. The van der Waals surface area contributed by atoms with Crippen molar-refractivity contribution in [3.63, 3.8) is 0 Å². The number of aromatic nitrogens is 1. The van der Waals surface area contributed by atoms with E-state index in [9.17, 15) is 4.39 Å². The molecule has 2 bridgehead atoms. The molecule has 25 heavy (non-hydrogen) atoms. The highest BCUT2D eigenvalue weighted by Gasteiger charge is 2.54. The minimum absolute atomic E-state index is 0.192. The highest BCUT2D eigenvalue weighted by atomic mass is 19.1. The molecule has 2 atom stereocenters. The van der Waals surface area contributed by atoms with Gasteiger partial charge in [-0.25, -0.2) is 9.37 Å². The van der Waals surface area contributed by atoms with Crippen molar-refractivity contribution in [3.05, 3.63) is 35.8 Å². The van der Waals surface area contributed by atoms with Crippen LogP contribution in [0.15, 0.2) is 24.3 Å². The fraction of sp³-hybridized carbons (Fsp3) is 0.526. The van der Waals surface area contributed by atoms with Gasteiger partial charge >= 0.3 is 0 Å². The molecule has 0 amide bonds. The van der Waals surface area contributed by atoms with Gasteiger partial charge in [0.15, 0.2) is 6.35 Å². The smallest absolute Gasteiger partial charge is 0.186 e. The van der Waals surface area contributed by atoms with Gasteiger partial charge in [-0.05, 0) is 68.4 Å². The van der Waals surface area contributed by atoms with Crippen LogP contribution in [-0.4, -0.2) is 48.0 Å². The molecule has 5 nitrogen and oxygen atoms in total. The zero-order chi connectivity index (χ0) is 17.2. The van der Waals surface area contributed by atoms with Crippen LogP contribution >= 0.6 is 0 Å². The third-order valence-corrected chi connectivity index (χ3v) is 6.19. The second-order valence-corrected chi connectivity index (χ2v) is 7.68. The van der Waals surface area contributed by atoms with Gasteiger partial charge in [-0.3, -0.25) is 5.73 Å². The van der Waals surface area contributed by atoms with Crippen LogP contribution in [0, 0.1) is 18.7 Å². The molecular weight excluding hydrogens is 319 g/mol. The first kappa shape index (κ1) is 15.5. The average Bonchev–Trinajstić information content (AvgIpc) is 2.91. The number of nitrogens with two attached hydrogens (primary N) is 1. The minimum Gasteiger partial charge on any atom is -0.335 e. The van der Waals surface area contributed by atoms with Crippen molar-refractivity contribution >= 4 is 16.6 Å². The normalized spacial score (nSPS) is 34.4. The lowest BCUT2D eigenvalue weighted by Gasteiger charge is -2.50. The van der Waals surface area contributed by atoms with Gasteiger partial charge in [-0.2, -0.15) is 0 Å². The lowest BCUT2D eigenvalue weighted by molar-refractivity contribution is -0.137. The third-order valence-electron chi connectivity index (χ3n) is 6.19. The zero-order valence-electron chi connectivity index (χ0n) is 14.4. The number of hydrogen-bond donors (Lipinski definition) is 1. The van der Waals surface area contributed by atoms with Crippen molar-refractivity contribution in [2.75, 3.05) is 31.1 Å². The SMILES string of the molecule is Cc1nc(N2CC3(CN4CCC3CC4)OC2N)cc2cc(F)ccc12. The van der Waals surface area contributed by atoms with Crippen LogP contribution in [0.3, 0.4) is 0 Å². The molecule has 4 aliphatic rings. The van der Waals surface area contributed by atoms with E-state index in [1.54, 1.807) is 12.1 Å². The zero-order valence-corrected chi connectivity index (χ0v) is 14.4. The number of rotatable bonds is 1. The standard InChI is InChI=1S/C19H23FN4O/c1-12-16-3-2-15(20)8-13(16)9-17(22-12)24-11-19(25-18(24)21)10-23-6-4-14(19)5-7-23/h2-3,8-9,14,18H,4-7,10-11,21H2,1H3. The minimum atomic E-state index is -0.501. The van der Waals surface area contributed by atoms with Gasteiger partial charge < -0.3 is 14.5 Å². The summed E-state index contributed by atoms with van der Waals surface area (Å²) in [6.07, 6.45) is 1.85. The lowest BCUT2D eigenvalue weighted by atomic mass is 9.75. The second-order valence-electron chi connectivity index (χ2n) is 7.68. The number of pyridine rings is 1. The monoisotopic (exact) mass is 342 g/mol. The maximum absolute atomic E-state index is 13.7. The fourth-order valence-corrected chi connectivity index (χ4v) is 4.90. The van der Waals surface area contributed by atoms with E-state index in [0.717, 1.165) is 48.5 Å². The van der Waals surface area contributed by atoms with E-state index in [1.807, 2.05) is 17.9 Å². The Hall–Kier alpha value is -1.76. The molecule has 0 radical (unpaired) electrons. The molecule has 0 aliphatic carbocycles. The van der Waals surface area contributed by atoms with Gasteiger partial charge in [-0.15, -0.1) is 0 Å². The molecule has 2 unspecified atom stereocenters. The van der Waals surface area contributed by atoms with Crippen LogP contribution in [0.5, 0.6) is 0 Å². The lowest BCUT2D eigenvalue weighted by Crippen LogP contribution is -2.61. The van der Waals surface area contributed by atoms with E-state index < -0.39 is 6.35 Å². The summed E-state index contributed by atoms with van der Waals surface area (Å²) in [7, 11) is 0. The van der Waals surface area contributed by atoms with Crippen LogP contribution in [0.4, 0.5) is 10.2 Å². The van der Waals surface area contributed by atoms with E-state index in [1.165, 1.54) is 18.9 Å². The first-order valence-electron chi connectivity index (χ1n) is 9.03. The summed E-state index contributed by atoms with van der Waals surface area (Å²) in [5.41, 5.74) is 7.04. The predicted molar refractivity (Wildman–Crippen MR) is 94.7 cm³/mol. The Kier molecular flexibility index (Phi) is 3.33. The molecule has 4 saturated heterocycles. The van der Waals surface area contributed by atoms with Gasteiger partial charge in [0.2, 0.25) is 0 Å². The topological polar surface area (TPSA) is 54.6 Å². The number of anilines is 1. The largest absolute Gasteiger partial charge is 0.335 e. The Bertz CT molecular complexity index is 836.